The summed E-state index contributed by atoms with van der Waals surface area (Å²) in [6, 6.07) is 11.2. The fraction of sp³-hybridized carbons (Fsp3) is 0.182. The number of carbonyl (C=O) groups is 3. The minimum atomic E-state index is -1.06. The van der Waals surface area contributed by atoms with Crippen LogP contribution in [-0.2, 0) is 19.1 Å². The molecule has 2 aromatic heterocycles. The molecule has 0 aliphatic rings. The number of ether oxygens (including phenoxy) is 2. The van der Waals surface area contributed by atoms with Gasteiger partial charge in [0.1, 0.15) is 10.0 Å². The van der Waals surface area contributed by atoms with Crippen molar-refractivity contribution in [1.29, 1.82) is 0 Å². The average molecular weight is 457 g/mol. The Morgan fingerprint density at radius 1 is 1.23 bits per heavy atom. The maximum absolute atomic E-state index is 12.6. The first-order valence-corrected chi connectivity index (χ1v) is 11.1. The van der Waals surface area contributed by atoms with Gasteiger partial charge in [-0.2, -0.15) is 0 Å². The number of hydrogen-bond donors (Lipinski definition) is 1. The summed E-state index contributed by atoms with van der Waals surface area (Å²) in [5, 5.41) is 5.46. The summed E-state index contributed by atoms with van der Waals surface area (Å²) in [5.74, 6) is -1.75. The predicted octanol–water partition coefficient (Wildman–Crippen LogP) is 4.63. The second-order valence-corrected chi connectivity index (χ2v) is 8.19. The summed E-state index contributed by atoms with van der Waals surface area (Å²) < 4.78 is 10.3. The third-order valence-corrected chi connectivity index (χ3v) is 5.84. The predicted molar refractivity (Wildman–Crippen MR) is 121 cm³/mol. The highest BCUT2D eigenvalue weighted by Crippen LogP contribution is 2.36. The van der Waals surface area contributed by atoms with Crippen LogP contribution in [0.1, 0.15) is 29.2 Å². The lowest BCUT2D eigenvalue weighted by molar-refractivity contribution is -0.148. The highest BCUT2D eigenvalue weighted by molar-refractivity contribution is 7.20. The van der Waals surface area contributed by atoms with Gasteiger partial charge in [0.05, 0.1) is 12.2 Å². The molecule has 0 aliphatic carbocycles. The average Bonchev–Trinajstić information content (AvgIpc) is 3.43. The molecule has 1 N–H and O–H groups in total. The molecule has 160 valence electrons. The van der Waals surface area contributed by atoms with Gasteiger partial charge < -0.3 is 14.8 Å². The molecule has 0 saturated carbocycles. The van der Waals surface area contributed by atoms with Crippen LogP contribution in [0.4, 0.5) is 5.00 Å². The van der Waals surface area contributed by atoms with Crippen LogP contribution in [-0.4, -0.2) is 35.5 Å². The van der Waals surface area contributed by atoms with Crippen LogP contribution in [0, 0.1) is 0 Å². The van der Waals surface area contributed by atoms with Crippen molar-refractivity contribution < 1.29 is 23.9 Å². The number of anilines is 1. The fourth-order valence-corrected chi connectivity index (χ4v) is 4.11. The molecule has 0 fully saturated rings. The van der Waals surface area contributed by atoms with Gasteiger partial charge in [-0.25, -0.2) is 14.6 Å². The van der Waals surface area contributed by atoms with Crippen molar-refractivity contribution in [2.24, 2.45) is 0 Å². The van der Waals surface area contributed by atoms with E-state index in [0.717, 1.165) is 10.4 Å². The highest BCUT2D eigenvalue weighted by Gasteiger charge is 2.23. The third-order valence-electron chi connectivity index (χ3n) is 4.00. The SMILES string of the molecule is CCOC(=O)c1cc(-c2ccccc2)sc1NC(=O)C(C)OC(=O)C=Cc1nccs1. The van der Waals surface area contributed by atoms with Crippen molar-refractivity contribution in [1.82, 2.24) is 4.98 Å². The number of thiophene rings is 1. The number of esters is 2. The Labute approximate surface area is 187 Å². The summed E-state index contributed by atoms with van der Waals surface area (Å²) in [7, 11) is 0. The second-order valence-electron chi connectivity index (χ2n) is 6.21. The van der Waals surface area contributed by atoms with Gasteiger partial charge in [-0.1, -0.05) is 30.3 Å². The first-order chi connectivity index (χ1) is 15.0. The maximum atomic E-state index is 12.6. The molecule has 7 nitrogen and oxygen atoms in total. The van der Waals surface area contributed by atoms with E-state index in [1.165, 1.54) is 41.7 Å². The Balaban J connectivity index is 1.72. The normalized spacial score (nSPS) is 11.8. The molecule has 0 bridgehead atoms. The van der Waals surface area contributed by atoms with E-state index in [1.807, 2.05) is 30.3 Å². The third kappa shape index (κ3) is 6.09. The van der Waals surface area contributed by atoms with Crippen LogP contribution in [0.2, 0.25) is 0 Å². The fourth-order valence-electron chi connectivity index (χ4n) is 2.53. The number of nitrogens with zero attached hydrogens (tertiary/aromatic N) is 1. The van der Waals surface area contributed by atoms with Crippen LogP contribution in [0.3, 0.4) is 0 Å². The van der Waals surface area contributed by atoms with Crippen LogP contribution in [0.25, 0.3) is 16.5 Å². The number of nitrogens with one attached hydrogen (secondary N) is 1. The Hall–Kier alpha value is -3.30. The summed E-state index contributed by atoms with van der Waals surface area (Å²) in [5.41, 5.74) is 1.16. The smallest absolute Gasteiger partial charge is 0.341 e. The lowest BCUT2D eigenvalue weighted by Gasteiger charge is -2.12. The van der Waals surface area contributed by atoms with Gasteiger partial charge in [0.15, 0.2) is 6.10 Å². The summed E-state index contributed by atoms with van der Waals surface area (Å²) in [6.07, 6.45) is 3.29. The van der Waals surface area contributed by atoms with E-state index in [9.17, 15) is 14.4 Å². The number of rotatable bonds is 8. The van der Waals surface area contributed by atoms with Crippen molar-refractivity contribution in [3.05, 3.63) is 64.6 Å². The van der Waals surface area contributed by atoms with Crippen LogP contribution >= 0.6 is 22.7 Å². The van der Waals surface area contributed by atoms with Crippen LogP contribution < -0.4 is 5.32 Å². The molecule has 31 heavy (non-hydrogen) atoms. The van der Waals surface area contributed by atoms with Gasteiger partial charge in [0, 0.05) is 22.5 Å². The first kappa shape index (κ1) is 22.4. The second kappa shape index (κ2) is 10.6. The molecular weight excluding hydrogens is 436 g/mol. The molecular formula is C22H20N2O5S2. The number of aromatic nitrogens is 1. The van der Waals surface area contributed by atoms with Gasteiger partial charge in [-0.15, -0.1) is 22.7 Å². The molecule has 1 aromatic carbocycles. The number of amides is 1. The molecule has 1 atom stereocenters. The van der Waals surface area contributed by atoms with E-state index < -0.39 is 23.9 Å². The van der Waals surface area contributed by atoms with Crippen molar-refractivity contribution >= 4 is 51.6 Å². The standard InChI is InChI=1S/C22H20N2O5S2/c1-3-28-22(27)16-13-17(15-7-5-4-6-8-15)31-21(16)24-20(26)14(2)29-19(25)10-9-18-23-11-12-30-18/h4-14H,3H2,1-2H3,(H,24,26). The largest absolute Gasteiger partial charge is 0.462 e. The van der Waals surface area contributed by atoms with Gasteiger partial charge in [0.25, 0.3) is 5.91 Å². The molecule has 2 heterocycles. The van der Waals surface area contributed by atoms with Gasteiger partial charge >= 0.3 is 11.9 Å². The lowest BCUT2D eigenvalue weighted by Crippen LogP contribution is -2.29. The van der Waals surface area contributed by atoms with E-state index >= 15 is 0 Å². The number of thiazole rings is 1. The molecule has 0 saturated heterocycles. The molecule has 1 unspecified atom stereocenters. The van der Waals surface area contributed by atoms with E-state index in [4.69, 9.17) is 9.47 Å². The lowest BCUT2D eigenvalue weighted by atomic mass is 10.1. The quantitative estimate of drug-likeness (QED) is 0.392. The van der Waals surface area contributed by atoms with Crippen LogP contribution in [0.15, 0.2) is 54.1 Å². The summed E-state index contributed by atoms with van der Waals surface area (Å²) in [6.45, 7) is 3.38. The minimum Gasteiger partial charge on any atom is -0.462 e. The number of benzene rings is 1. The molecule has 3 rings (SSSR count). The summed E-state index contributed by atoms with van der Waals surface area (Å²) >= 11 is 2.62. The van der Waals surface area contributed by atoms with Crippen molar-refractivity contribution in [2.45, 2.75) is 20.0 Å². The highest BCUT2D eigenvalue weighted by atomic mass is 32.1. The van der Waals surface area contributed by atoms with Crippen LogP contribution in [0.5, 0.6) is 0 Å². The molecule has 0 spiro atoms. The monoisotopic (exact) mass is 456 g/mol. The van der Waals surface area contributed by atoms with Crippen molar-refractivity contribution in [3.8, 4) is 10.4 Å². The molecule has 1 amide bonds. The van der Waals surface area contributed by atoms with E-state index in [1.54, 1.807) is 24.6 Å². The van der Waals surface area contributed by atoms with Crippen molar-refractivity contribution in [2.75, 3.05) is 11.9 Å². The first-order valence-electron chi connectivity index (χ1n) is 9.43. The van der Waals surface area contributed by atoms with E-state index in [0.29, 0.717) is 10.0 Å². The zero-order chi connectivity index (χ0) is 22.2. The Kier molecular flexibility index (Phi) is 7.69. The van der Waals surface area contributed by atoms with Gasteiger partial charge in [-0.3, -0.25) is 4.79 Å². The maximum Gasteiger partial charge on any atom is 0.341 e. The minimum absolute atomic E-state index is 0.211. The number of carbonyl (C=O) groups excluding carboxylic acids is 3. The van der Waals surface area contributed by atoms with Gasteiger partial charge in [0.2, 0.25) is 0 Å². The molecule has 9 heteroatoms. The summed E-state index contributed by atoms with van der Waals surface area (Å²) in [4.78, 5) is 41.8. The van der Waals surface area contributed by atoms with Gasteiger partial charge in [-0.05, 0) is 31.6 Å². The Morgan fingerprint density at radius 2 is 2.00 bits per heavy atom. The van der Waals surface area contributed by atoms with E-state index in [-0.39, 0.29) is 12.2 Å². The Morgan fingerprint density at radius 3 is 2.68 bits per heavy atom. The zero-order valence-corrected chi connectivity index (χ0v) is 18.5. The van der Waals surface area contributed by atoms with Crippen molar-refractivity contribution in [3.63, 3.8) is 0 Å². The molecule has 0 aliphatic heterocycles. The Bertz CT molecular complexity index is 1070. The molecule has 3 aromatic rings. The van der Waals surface area contributed by atoms with E-state index in [2.05, 4.69) is 10.3 Å². The topological polar surface area (TPSA) is 94.6 Å². The zero-order valence-electron chi connectivity index (χ0n) is 16.9. The number of hydrogen-bond acceptors (Lipinski definition) is 8. The molecule has 0 radical (unpaired) electrons.